The molecule has 0 aliphatic carbocycles. The first-order chi connectivity index (χ1) is 11.5. The Morgan fingerprint density at radius 2 is 1.92 bits per heavy atom. The topological polar surface area (TPSA) is 57.8 Å². The molecule has 1 atom stereocenters. The Balaban J connectivity index is 1.85. The molecule has 0 aliphatic heterocycles. The maximum atomic E-state index is 12.2. The molecule has 3 rings (SSSR count). The minimum atomic E-state index is -0.144. The number of hydrogen-bond acceptors (Lipinski definition) is 3. The summed E-state index contributed by atoms with van der Waals surface area (Å²) in [6.07, 6.45) is 0. The van der Waals surface area contributed by atoms with Gasteiger partial charge in [-0.2, -0.15) is 0 Å². The van der Waals surface area contributed by atoms with Gasteiger partial charge in [0.1, 0.15) is 5.82 Å². The second kappa shape index (κ2) is 7.16. The average molecular weight is 342 g/mol. The van der Waals surface area contributed by atoms with Crippen LogP contribution in [0, 0.1) is 5.92 Å². The molecular formula is C19H20ClN3O. The molecule has 0 saturated carbocycles. The molecule has 0 saturated heterocycles. The van der Waals surface area contributed by atoms with E-state index in [0.29, 0.717) is 34.2 Å². The van der Waals surface area contributed by atoms with Gasteiger partial charge in [0.2, 0.25) is 0 Å². The molecule has 0 unspecified atom stereocenters. The SMILES string of the molecule is CC(C)[C@H](NCc1nc2cc(Cl)ccc2c(=O)[nH]1)c1ccccc1. The standard InChI is InChI=1S/C19H20ClN3O/c1-12(2)18(13-6-4-3-5-7-13)21-11-17-22-16-10-14(20)8-9-15(16)19(24)23-17/h3-10,12,18,21H,11H2,1-2H3,(H,22,23,24)/t18-/m0/s1. The number of H-pyrrole nitrogens is 1. The highest BCUT2D eigenvalue weighted by atomic mass is 35.5. The molecule has 2 aromatic carbocycles. The van der Waals surface area contributed by atoms with Crippen molar-refractivity contribution < 1.29 is 0 Å². The van der Waals surface area contributed by atoms with E-state index < -0.39 is 0 Å². The molecule has 3 aromatic rings. The monoisotopic (exact) mass is 341 g/mol. The number of aromatic nitrogens is 2. The summed E-state index contributed by atoms with van der Waals surface area (Å²) in [6, 6.07) is 15.6. The fourth-order valence-electron chi connectivity index (χ4n) is 2.85. The average Bonchev–Trinajstić information content (AvgIpc) is 2.55. The molecule has 0 fully saturated rings. The third kappa shape index (κ3) is 3.66. The van der Waals surface area contributed by atoms with Crippen molar-refractivity contribution in [3.63, 3.8) is 0 Å². The number of benzene rings is 2. The summed E-state index contributed by atoms with van der Waals surface area (Å²) in [7, 11) is 0. The molecule has 4 nitrogen and oxygen atoms in total. The van der Waals surface area contributed by atoms with Crippen molar-refractivity contribution >= 4 is 22.5 Å². The quantitative estimate of drug-likeness (QED) is 0.735. The lowest BCUT2D eigenvalue weighted by Crippen LogP contribution is -2.27. The van der Waals surface area contributed by atoms with Crippen molar-refractivity contribution in [1.29, 1.82) is 0 Å². The predicted molar refractivity (Wildman–Crippen MR) is 98.2 cm³/mol. The van der Waals surface area contributed by atoms with Gasteiger partial charge in [-0.05, 0) is 29.7 Å². The van der Waals surface area contributed by atoms with E-state index in [1.165, 1.54) is 5.56 Å². The van der Waals surface area contributed by atoms with Gasteiger partial charge in [-0.25, -0.2) is 4.98 Å². The summed E-state index contributed by atoms with van der Waals surface area (Å²) in [4.78, 5) is 19.6. The normalized spacial score (nSPS) is 12.7. The molecule has 0 aliphatic rings. The van der Waals surface area contributed by atoms with Gasteiger partial charge in [0, 0.05) is 11.1 Å². The van der Waals surface area contributed by atoms with Gasteiger partial charge in [0.05, 0.1) is 17.4 Å². The first-order valence-corrected chi connectivity index (χ1v) is 8.39. The maximum Gasteiger partial charge on any atom is 0.258 e. The van der Waals surface area contributed by atoms with Gasteiger partial charge in [-0.1, -0.05) is 55.8 Å². The Kier molecular flexibility index (Phi) is 4.97. The molecule has 5 heteroatoms. The lowest BCUT2D eigenvalue weighted by atomic mass is 9.96. The number of nitrogens with zero attached hydrogens (tertiary/aromatic N) is 1. The van der Waals surface area contributed by atoms with E-state index in [-0.39, 0.29) is 11.6 Å². The van der Waals surface area contributed by atoms with Crippen LogP contribution in [0.1, 0.15) is 31.3 Å². The smallest absolute Gasteiger partial charge is 0.258 e. The number of aromatic amines is 1. The highest BCUT2D eigenvalue weighted by Crippen LogP contribution is 2.21. The summed E-state index contributed by atoms with van der Waals surface area (Å²) in [5.74, 6) is 1.02. The Labute approximate surface area is 145 Å². The van der Waals surface area contributed by atoms with E-state index in [4.69, 9.17) is 11.6 Å². The fourth-order valence-corrected chi connectivity index (χ4v) is 3.02. The van der Waals surface area contributed by atoms with Crippen LogP contribution < -0.4 is 10.9 Å². The highest BCUT2D eigenvalue weighted by molar-refractivity contribution is 6.31. The van der Waals surface area contributed by atoms with Crippen molar-refractivity contribution in [2.24, 2.45) is 5.92 Å². The Hall–Kier alpha value is -2.17. The maximum absolute atomic E-state index is 12.2. The van der Waals surface area contributed by atoms with Crippen molar-refractivity contribution in [1.82, 2.24) is 15.3 Å². The lowest BCUT2D eigenvalue weighted by Gasteiger charge is -2.22. The first-order valence-electron chi connectivity index (χ1n) is 8.01. The number of fused-ring (bicyclic) bond motifs is 1. The fraction of sp³-hybridized carbons (Fsp3) is 0.263. The van der Waals surface area contributed by atoms with E-state index in [9.17, 15) is 4.79 Å². The van der Waals surface area contributed by atoms with Gasteiger partial charge in [0.25, 0.3) is 5.56 Å². The van der Waals surface area contributed by atoms with Crippen LogP contribution >= 0.6 is 11.6 Å². The molecule has 0 amide bonds. The molecule has 1 heterocycles. The molecule has 1 aromatic heterocycles. The second-order valence-corrected chi connectivity index (χ2v) is 6.62. The van der Waals surface area contributed by atoms with E-state index in [1.807, 2.05) is 18.2 Å². The zero-order valence-corrected chi connectivity index (χ0v) is 14.5. The number of halogens is 1. The highest BCUT2D eigenvalue weighted by Gasteiger charge is 2.15. The summed E-state index contributed by atoms with van der Waals surface area (Å²) in [5.41, 5.74) is 1.69. The molecule has 2 N–H and O–H groups in total. The summed E-state index contributed by atoms with van der Waals surface area (Å²) in [6.45, 7) is 4.82. The van der Waals surface area contributed by atoms with Crippen LogP contribution in [-0.2, 0) is 6.54 Å². The predicted octanol–water partition coefficient (Wildman–Crippen LogP) is 4.06. The third-order valence-corrected chi connectivity index (χ3v) is 4.27. The molecule has 124 valence electrons. The molecule has 0 spiro atoms. The molecule has 24 heavy (non-hydrogen) atoms. The van der Waals surface area contributed by atoms with E-state index >= 15 is 0 Å². The van der Waals surface area contributed by atoms with Crippen LogP contribution in [0.3, 0.4) is 0 Å². The van der Waals surface area contributed by atoms with Crippen LogP contribution in [0.2, 0.25) is 5.02 Å². The molecular weight excluding hydrogens is 322 g/mol. The largest absolute Gasteiger partial charge is 0.309 e. The third-order valence-electron chi connectivity index (χ3n) is 4.03. The van der Waals surface area contributed by atoms with Crippen LogP contribution in [-0.4, -0.2) is 9.97 Å². The summed E-state index contributed by atoms with van der Waals surface area (Å²) in [5, 5.41) is 4.61. The van der Waals surface area contributed by atoms with Crippen molar-refractivity contribution in [3.05, 3.63) is 75.3 Å². The van der Waals surface area contributed by atoms with Crippen LogP contribution in [0.5, 0.6) is 0 Å². The summed E-state index contributed by atoms with van der Waals surface area (Å²) >= 11 is 6.00. The Morgan fingerprint density at radius 1 is 1.17 bits per heavy atom. The van der Waals surface area contributed by atoms with Crippen LogP contribution in [0.4, 0.5) is 0 Å². The number of nitrogens with one attached hydrogen (secondary N) is 2. The van der Waals surface area contributed by atoms with Gasteiger partial charge in [0.15, 0.2) is 0 Å². The first kappa shape index (κ1) is 16.7. The van der Waals surface area contributed by atoms with Gasteiger partial charge in [-0.15, -0.1) is 0 Å². The van der Waals surface area contributed by atoms with Crippen LogP contribution in [0.25, 0.3) is 10.9 Å². The van der Waals surface area contributed by atoms with E-state index in [1.54, 1.807) is 18.2 Å². The van der Waals surface area contributed by atoms with Crippen molar-refractivity contribution in [3.8, 4) is 0 Å². The van der Waals surface area contributed by atoms with E-state index in [2.05, 4.69) is 41.3 Å². The molecule has 0 radical (unpaired) electrons. The van der Waals surface area contributed by atoms with Gasteiger partial charge in [-0.3, -0.25) is 4.79 Å². The Bertz CT molecular complexity index is 890. The van der Waals surface area contributed by atoms with Gasteiger partial charge >= 0.3 is 0 Å². The zero-order valence-electron chi connectivity index (χ0n) is 13.7. The van der Waals surface area contributed by atoms with Crippen molar-refractivity contribution in [2.45, 2.75) is 26.4 Å². The molecule has 0 bridgehead atoms. The number of hydrogen-bond donors (Lipinski definition) is 2. The van der Waals surface area contributed by atoms with Crippen LogP contribution in [0.15, 0.2) is 53.3 Å². The van der Waals surface area contributed by atoms with Gasteiger partial charge < -0.3 is 10.3 Å². The van der Waals surface area contributed by atoms with E-state index in [0.717, 1.165) is 0 Å². The minimum absolute atomic E-state index is 0.144. The van der Waals surface area contributed by atoms with Crippen molar-refractivity contribution in [2.75, 3.05) is 0 Å². The lowest BCUT2D eigenvalue weighted by molar-refractivity contribution is 0.406. The summed E-state index contributed by atoms with van der Waals surface area (Å²) < 4.78 is 0. The zero-order chi connectivity index (χ0) is 17.1. The minimum Gasteiger partial charge on any atom is -0.309 e. The number of rotatable bonds is 5. The second-order valence-electron chi connectivity index (χ2n) is 6.19. The Morgan fingerprint density at radius 3 is 2.62 bits per heavy atom.